The van der Waals surface area contributed by atoms with Crippen molar-refractivity contribution in [2.75, 3.05) is 19.7 Å². The second-order valence-corrected chi connectivity index (χ2v) is 5.31. The molecular weight excluding hydrogens is 242 g/mol. The third-order valence-corrected chi connectivity index (χ3v) is 3.89. The van der Waals surface area contributed by atoms with Crippen LogP contribution in [0.2, 0.25) is 0 Å². The predicted molar refractivity (Wildman–Crippen MR) is 73.0 cm³/mol. The van der Waals surface area contributed by atoms with Crippen molar-refractivity contribution in [2.24, 2.45) is 5.92 Å². The number of nitrogens with zero attached hydrogens (tertiary/aromatic N) is 3. The van der Waals surface area contributed by atoms with E-state index in [0.717, 1.165) is 38.0 Å². The average molecular weight is 265 g/mol. The number of likely N-dealkylation sites (tertiary alicyclic amines) is 1. The van der Waals surface area contributed by atoms with Gasteiger partial charge >= 0.3 is 0 Å². The third kappa shape index (κ3) is 2.97. The molecule has 1 saturated heterocycles. The van der Waals surface area contributed by atoms with Gasteiger partial charge in [0.2, 0.25) is 0 Å². The Kier molecular flexibility index (Phi) is 4.58. The fraction of sp³-hybridized carbons (Fsp3) is 0.714. The molecule has 1 amide bonds. The van der Waals surface area contributed by atoms with Crippen LogP contribution in [0.3, 0.4) is 0 Å². The minimum atomic E-state index is 0.0520. The predicted octanol–water partition coefficient (Wildman–Crippen LogP) is 1.45. The van der Waals surface area contributed by atoms with E-state index in [1.54, 1.807) is 6.20 Å². The Morgan fingerprint density at radius 2 is 2.37 bits per heavy atom. The number of carbonyl (C=O) groups is 1. The van der Waals surface area contributed by atoms with Gasteiger partial charge in [0, 0.05) is 37.9 Å². The van der Waals surface area contributed by atoms with Gasteiger partial charge in [0.25, 0.3) is 5.91 Å². The van der Waals surface area contributed by atoms with Gasteiger partial charge in [0.15, 0.2) is 0 Å². The molecule has 2 heterocycles. The van der Waals surface area contributed by atoms with Crippen LogP contribution < -0.4 is 0 Å². The van der Waals surface area contributed by atoms with Crippen LogP contribution in [0.15, 0.2) is 6.20 Å². The first kappa shape index (κ1) is 14.1. The minimum absolute atomic E-state index is 0.0520. The number of aliphatic hydroxyl groups excluding tert-OH is 1. The molecule has 5 heteroatoms. The minimum Gasteiger partial charge on any atom is -0.396 e. The van der Waals surface area contributed by atoms with Gasteiger partial charge in [-0.25, -0.2) is 0 Å². The highest BCUT2D eigenvalue weighted by atomic mass is 16.3. The van der Waals surface area contributed by atoms with E-state index in [9.17, 15) is 4.79 Å². The average Bonchev–Trinajstić information content (AvgIpc) is 3.03. The lowest BCUT2D eigenvalue weighted by atomic mass is 10.1. The highest BCUT2D eigenvalue weighted by molar-refractivity contribution is 5.95. The molecule has 0 aromatic carbocycles. The summed E-state index contributed by atoms with van der Waals surface area (Å²) >= 11 is 0. The summed E-state index contributed by atoms with van der Waals surface area (Å²) in [6, 6.07) is 0. The van der Waals surface area contributed by atoms with Gasteiger partial charge < -0.3 is 10.0 Å². The van der Waals surface area contributed by atoms with E-state index < -0.39 is 0 Å². The molecule has 1 fully saturated rings. The van der Waals surface area contributed by atoms with Crippen molar-refractivity contribution in [1.29, 1.82) is 0 Å². The van der Waals surface area contributed by atoms with E-state index in [1.807, 2.05) is 16.5 Å². The van der Waals surface area contributed by atoms with Crippen molar-refractivity contribution < 1.29 is 9.90 Å². The Balaban J connectivity index is 2.05. The maximum Gasteiger partial charge on any atom is 0.257 e. The van der Waals surface area contributed by atoms with Crippen LogP contribution in [-0.2, 0) is 6.54 Å². The number of aryl methyl sites for hydroxylation is 1. The molecular formula is C14H23N3O2. The number of aromatic nitrogens is 2. The van der Waals surface area contributed by atoms with Gasteiger partial charge in [-0.2, -0.15) is 5.10 Å². The topological polar surface area (TPSA) is 58.4 Å². The maximum atomic E-state index is 12.4. The fourth-order valence-corrected chi connectivity index (χ4v) is 2.53. The lowest BCUT2D eigenvalue weighted by Crippen LogP contribution is -2.29. The first-order valence-electron chi connectivity index (χ1n) is 7.09. The molecule has 1 atom stereocenters. The number of aliphatic hydroxyl groups is 1. The summed E-state index contributed by atoms with van der Waals surface area (Å²) in [5, 5.41) is 13.4. The van der Waals surface area contributed by atoms with Crippen LogP contribution in [0.5, 0.6) is 0 Å². The van der Waals surface area contributed by atoms with Crippen molar-refractivity contribution in [2.45, 2.75) is 39.7 Å². The number of amides is 1. The third-order valence-electron chi connectivity index (χ3n) is 3.89. The summed E-state index contributed by atoms with van der Waals surface area (Å²) in [6.07, 6.45) is 4.77. The standard InChI is InChI=1S/C14H23N3O2/c1-3-4-6-17-11(2)13(8-15-17)14(19)16-7-5-12(9-16)10-18/h8,12,18H,3-7,9-10H2,1-2H3. The number of hydrogen-bond donors (Lipinski definition) is 1. The number of rotatable bonds is 5. The maximum absolute atomic E-state index is 12.4. The quantitative estimate of drug-likeness (QED) is 0.876. The molecule has 1 N–H and O–H groups in total. The Hall–Kier alpha value is -1.36. The van der Waals surface area contributed by atoms with E-state index in [-0.39, 0.29) is 18.4 Å². The highest BCUT2D eigenvalue weighted by Crippen LogP contribution is 2.19. The Morgan fingerprint density at radius 3 is 3.00 bits per heavy atom. The number of hydrogen-bond acceptors (Lipinski definition) is 3. The second-order valence-electron chi connectivity index (χ2n) is 5.31. The van der Waals surface area contributed by atoms with Crippen molar-refractivity contribution >= 4 is 5.91 Å². The SMILES string of the molecule is CCCCn1ncc(C(=O)N2CCC(CO)C2)c1C. The largest absolute Gasteiger partial charge is 0.396 e. The zero-order valence-corrected chi connectivity index (χ0v) is 11.8. The molecule has 106 valence electrons. The number of unbranched alkanes of at least 4 members (excludes halogenated alkanes) is 1. The molecule has 1 aliphatic rings. The van der Waals surface area contributed by atoms with E-state index in [4.69, 9.17) is 5.11 Å². The summed E-state index contributed by atoms with van der Waals surface area (Å²) in [5.74, 6) is 0.288. The van der Waals surface area contributed by atoms with Gasteiger partial charge in [0.1, 0.15) is 0 Å². The van der Waals surface area contributed by atoms with Crippen LogP contribution in [0, 0.1) is 12.8 Å². The van der Waals surface area contributed by atoms with Gasteiger partial charge in [0.05, 0.1) is 11.8 Å². The normalized spacial score (nSPS) is 19.1. The summed E-state index contributed by atoms with van der Waals surface area (Å²) in [4.78, 5) is 14.2. The Labute approximate surface area is 114 Å². The summed E-state index contributed by atoms with van der Waals surface area (Å²) < 4.78 is 1.91. The monoisotopic (exact) mass is 265 g/mol. The van der Waals surface area contributed by atoms with Crippen molar-refractivity contribution in [3.05, 3.63) is 17.5 Å². The Bertz CT molecular complexity index is 442. The Morgan fingerprint density at radius 1 is 1.58 bits per heavy atom. The molecule has 19 heavy (non-hydrogen) atoms. The molecule has 5 nitrogen and oxygen atoms in total. The van der Waals surface area contributed by atoms with Crippen LogP contribution >= 0.6 is 0 Å². The zero-order valence-electron chi connectivity index (χ0n) is 11.8. The lowest BCUT2D eigenvalue weighted by Gasteiger charge is -2.15. The summed E-state index contributed by atoms with van der Waals surface area (Å²) in [6.45, 7) is 6.53. The zero-order chi connectivity index (χ0) is 13.8. The first-order chi connectivity index (χ1) is 9.17. The second kappa shape index (κ2) is 6.19. The lowest BCUT2D eigenvalue weighted by molar-refractivity contribution is 0.0781. The van der Waals surface area contributed by atoms with Crippen molar-refractivity contribution in [3.63, 3.8) is 0 Å². The van der Waals surface area contributed by atoms with Gasteiger partial charge in [-0.1, -0.05) is 13.3 Å². The molecule has 1 aromatic heterocycles. The van der Waals surface area contributed by atoms with Crippen molar-refractivity contribution in [1.82, 2.24) is 14.7 Å². The van der Waals surface area contributed by atoms with Crippen LogP contribution in [0.25, 0.3) is 0 Å². The molecule has 1 aromatic rings. The van der Waals surface area contributed by atoms with E-state index in [0.29, 0.717) is 12.1 Å². The summed E-state index contributed by atoms with van der Waals surface area (Å²) in [5.41, 5.74) is 1.65. The number of carbonyl (C=O) groups excluding carboxylic acids is 1. The molecule has 0 bridgehead atoms. The van der Waals surface area contributed by atoms with Gasteiger partial charge in [-0.15, -0.1) is 0 Å². The van der Waals surface area contributed by atoms with Crippen LogP contribution in [0.1, 0.15) is 42.2 Å². The van der Waals surface area contributed by atoms with E-state index in [2.05, 4.69) is 12.0 Å². The van der Waals surface area contributed by atoms with E-state index in [1.165, 1.54) is 0 Å². The molecule has 0 aliphatic carbocycles. The molecule has 2 rings (SSSR count). The highest BCUT2D eigenvalue weighted by Gasteiger charge is 2.28. The molecule has 1 aliphatic heterocycles. The van der Waals surface area contributed by atoms with Crippen LogP contribution in [-0.4, -0.2) is 45.4 Å². The van der Waals surface area contributed by atoms with Crippen molar-refractivity contribution in [3.8, 4) is 0 Å². The van der Waals surface area contributed by atoms with Crippen LogP contribution in [0.4, 0.5) is 0 Å². The molecule has 0 saturated carbocycles. The smallest absolute Gasteiger partial charge is 0.257 e. The fourth-order valence-electron chi connectivity index (χ4n) is 2.53. The van der Waals surface area contributed by atoms with Gasteiger partial charge in [-0.3, -0.25) is 9.48 Å². The molecule has 0 radical (unpaired) electrons. The molecule has 1 unspecified atom stereocenters. The van der Waals surface area contributed by atoms with Gasteiger partial charge in [-0.05, 0) is 19.8 Å². The van der Waals surface area contributed by atoms with E-state index >= 15 is 0 Å². The first-order valence-corrected chi connectivity index (χ1v) is 7.09. The molecule has 0 spiro atoms. The summed E-state index contributed by atoms with van der Waals surface area (Å²) in [7, 11) is 0.